The third kappa shape index (κ3) is 6.35. The number of rotatable bonds is 11. The van der Waals surface area contributed by atoms with Crippen LogP contribution < -0.4 is 10.1 Å². The van der Waals surface area contributed by atoms with Crippen LogP contribution in [0.4, 0.5) is 0 Å². The fraction of sp³-hybridized carbons (Fsp3) is 0.188. The van der Waals surface area contributed by atoms with Crippen LogP contribution in [0.15, 0.2) is 109 Å². The van der Waals surface area contributed by atoms with E-state index in [1.165, 1.54) is 0 Å². The van der Waals surface area contributed by atoms with Crippen molar-refractivity contribution in [1.82, 2.24) is 25.2 Å². The fourth-order valence-corrected chi connectivity index (χ4v) is 4.62. The molecule has 4 aromatic carbocycles. The van der Waals surface area contributed by atoms with Crippen LogP contribution in [0.25, 0.3) is 11.0 Å². The number of amides is 2. The van der Waals surface area contributed by atoms with Crippen molar-refractivity contribution >= 4 is 22.8 Å². The van der Waals surface area contributed by atoms with Crippen molar-refractivity contribution in [3.63, 3.8) is 0 Å². The van der Waals surface area contributed by atoms with E-state index in [1.54, 1.807) is 9.58 Å². The number of carbonyl (C=O) groups is 2. The molecule has 1 atom stereocenters. The number of aromatic nitrogens is 3. The highest BCUT2D eigenvalue weighted by atomic mass is 16.5. The zero-order chi connectivity index (χ0) is 27.7. The molecule has 1 heterocycles. The van der Waals surface area contributed by atoms with Gasteiger partial charge in [-0.05, 0) is 47.9 Å². The molecule has 202 valence electrons. The first-order valence-electron chi connectivity index (χ1n) is 13.3. The Morgan fingerprint density at radius 3 is 2.20 bits per heavy atom. The fourth-order valence-electron chi connectivity index (χ4n) is 4.62. The van der Waals surface area contributed by atoms with Crippen LogP contribution in [0.2, 0.25) is 0 Å². The molecule has 0 spiro atoms. The third-order valence-electron chi connectivity index (χ3n) is 6.60. The van der Waals surface area contributed by atoms with Crippen molar-refractivity contribution in [2.45, 2.75) is 32.6 Å². The van der Waals surface area contributed by atoms with Crippen LogP contribution in [0.5, 0.6) is 5.75 Å². The van der Waals surface area contributed by atoms with Gasteiger partial charge in [-0.25, -0.2) is 4.68 Å². The summed E-state index contributed by atoms with van der Waals surface area (Å²) in [6, 6.07) is 33.3. The van der Waals surface area contributed by atoms with E-state index in [-0.39, 0.29) is 24.9 Å². The van der Waals surface area contributed by atoms with Gasteiger partial charge in [-0.1, -0.05) is 90.1 Å². The van der Waals surface area contributed by atoms with Gasteiger partial charge in [0.25, 0.3) is 0 Å². The summed E-state index contributed by atoms with van der Waals surface area (Å²) in [5.41, 5.74) is 4.01. The predicted molar refractivity (Wildman–Crippen MR) is 153 cm³/mol. The van der Waals surface area contributed by atoms with E-state index in [0.29, 0.717) is 30.0 Å². The molecule has 0 saturated heterocycles. The summed E-state index contributed by atoms with van der Waals surface area (Å²) in [6.45, 7) is 2.97. The number of hydrogen-bond donors (Lipinski definition) is 1. The van der Waals surface area contributed by atoms with E-state index in [2.05, 4.69) is 15.6 Å². The molecule has 40 heavy (non-hydrogen) atoms. The summed E-state index contributed by atoms with van der Waals surface area (Å²) in [5.74, 6) is 0.165. The van der Waals surface area contributed by atoms with Crippen molar-refractivity contribution in [3.05, 3.63) is 126 Å². The summed E-state index contributed by atoms with van der Waals surface area (Å²) in [5, 5.41) is 11.5. The van der Waals surface area contributed by atoms with Gasteiger partial charge in [-0.3, -0.25) is 9.59 Å². The summed E-state index contributed by atoms with van der Waals surface area (Å²) in [4.78, 5) is 29.6. The Balaban J connectivity index is 1.50. The maximum atomic E-state index is 14.1. The first-order chi connectivity index (χ1) is 19.6. The van der Waals surface area contributed by atoms with E-state index < -0.39 is 6.04 Å². The molecule has 0 radical (unpaired) electrons. The van der Waals surface area contributed by atoms with Crippen LogP contribution >= 0.6 is 0 Å². The van der Waals surface area contributed by atoms with Crippen LogP contribution in [0.3, 0.4) is 0 Å². The molecule has 0 saturated carbocycles. The molecule has 0 aliphatic carbocycles. The van der Waals surface area contributed by atoms with Crippen molar-refractivity contribution in [1.29, 1.82) is 0 Å². The van der Waals surface area contributed by atoms with Crippen LogP contribution in [-0.2, 0) is 29.2 Å². The number of nitrogens with zero attached hydrogens (tertiary/aromatic N) is 4. The maximum Gasteiger partial charge on any atom is 0.247 e. The lowest BCUT2D eigenvalue weighted by molar-refractivity contribution is -0.142. The normalized spacial score (nSPS) is 11.6. The van der Waals surface area contributed by atoms with Gasteiger partial charge in [0.05, 0.1) is 12.1 Å². The van der Waals surface area contributed by atoms with Gasteiger partial charge in [0, 0.05) is 13.1 Å². The van der Waals surface area contributed by atoms with E-state index in [4.69, 9.17) is 4.74 Å². The van der Waals surface area contributed by atoms with E-state index in [1.807, 2.05) is 116 Å². The number of carbonyl (C=O) groups excluding carboxylic acids is 2. The SMILES string of the molecule is CCOc1ccc([C@@H](C(=O)NCc2ccccc2)N(Cc2ccccc2)C(=O)Cn2nnc3ccccc32)cc1. The lowest BCUT2D eigenvalue weighted by atomic mass is 10.0. The zero-order valence-electron chi connectivity index (χ0n) is 22.3. The Labute approximate surface area is 233 Å². The first kappa shape index (κ1) is 26.6. The molecule has 0 aliphatic heterocycles. The molecule has 8 nitrogen and oxygen atoms in total. The van der Waals surface area contributed by atoms with E-state index in [9.17, 15) is 9.59 Å². The van der Waals surface area contributed by atoms with Gasteiger partial charge in [0.1, 0.15) is 23.9 Å². The van der Waals surface area contributed by atoms with Crippen molar-refractivity contribution in [2.75, 3.05) is 6.61 Å². The number of benzene rings is 4. The van der Waals surface area contributed by atoms with Crippen LogP contribution in [0, 0.1) is 0 Å². The second-order valence-corrected chi connectivity index (χ2v) is 9.35. The number of nitrogens with one attached hydrogen (secondary N) is 1. The highest BCUT2D eigenvalue weighted by Crippen LogP contribution is 2.27. The molecule has 5 aromatic rings. The molecular weight excluding hydrogens is 502 g/mol. The number of para-hydroxylation sites is 1. The van der Waals surface area contributed by atoms with Gasteiger partial charge in [-0.2, -0.15) is 0 Å². The lowest BCUT2D eigenvalue weighted by Gasteiger charge is -2.32. The molecule has 0 bridgehead atoms. The minimum atomic E-state index is -0.887. The van der Waals surface area contributed by atoms with E-state index >= 15 is 0 Å². The molecule has 0 unspecified atom stereocenters. The number of fused-ring (bicyclic) bond motifs is 1. The first-order valence-corrected chi connectivity index (χ1v) is 13.3. The summed E-state index contributed by atoms with van der Waals surface area (Å²) in [6.07, 6.45) is 0. The topological polar surface area (TPSA) is 89.4 Å². The average Bonchev–Trinajstić information content (AvgIpc) is 3.40. The number of ether oxygens (including phenoxy) is 1. The quantitative estimate of drug-likeness (QED) is 0.260. The standard InChI is InChI=1S/C32H31N5O3/c1-2-40-27-19-17-26(18-20-27)31(32(39)33-21-24-11-5-3-6-12-24)36(22-25-13-7-4-8-14-25)30(38)23-37-29-16-10-9-15-28(29)34-35-37/h3-20,31H,2,21-23H2,1H3,(H,33,39)/t31-/m0/s1. The average molecular weight is 534 g/mol. The second kappa shape index (κ2) is 12.7. The molecule has 0 fully saturated rings. The van der Waals surface area contributed by atoms with Crippen molar-refractivity contribution < 1.29 is 14.3 Å². The monoisotopic (exact) mass is 533 g/mol. The molecule has 0 aliphatic rings. The number of hydrogen-bond acceptors (Lipinski definition) is 5. The Hall–Kier alpha value is -4.98. The Morgan fingerprint density at radius 2 is 1.50 bits per heavy atom. The molecule has 8 heteroatoms. The second-order valence-electron chi connectivity index (χ2n) is 9.35. The Morgan fingerprint density at radius 1 is 0.850 bits per heavy atom. The van der Waals surface area contributed by atoms with Gasteiger partial charge in [0.15, 0.2) is 0 Å². The summed E-state index contributed by atoms with van der Waals surface area (Å²) >= 11 is 0. The lowest BCUT2D eigenvalue weighted by Crippen LogP contribution is -2.44. The minimum Gasteiger partial charge on any atom is -0.494 e. The Bertz CT molecular complexity index is 1550. The Kier molecular flexibility index (Phi) is 8.46. The largest absolute Gasteiger partial charge is 0.494 e. The van der Waals surface area contributed by atoms with Gasteiger partial charge >= 0.3 is 0 Å². The molecular formula is C32H31N5O3. The van der Waals surface area contributed by atoms with Crippen molar-refractivity contribution in [2.24, 2.45) is 0 Å². The predicted octanol–water partition coefficient (Wildman–Crippen LogP) is 4.92. The highest BCUT2D eigenvalue weighted by molar-refractivity contribution is 5.89. The molecule has 1 N–H and O–H groups in total. The summed E-state index contributed by atoms with van der Waals surface area (Å²) < 4.78 is 7.20. The van der Waals surface area contributed by atoms with Crippen LogP contribution in [0.1, 0.15) is 29.7 Å². The third-order valence-corrected chi connectivity index (χ3v) is 6.60. The molecule has 1 aromatic heterocycles. The summed E-state index contributed by atoms with van der Waals surface area (Å²) in [7, 11) is 0. The van der Waals surface area contributed by atoms with Crippen LogP contribution in [-0.4, -0.2) is 38.3 Å². The minimum absolute atomic E-state index is 0.0627. The van der Waals surface area contributed by atoms with Gasteiger partial charge in [-0.15, -0.1) is 5.10 Å². The van der Waals surface area contributed by atoms with Gasteiger partial charge in [0.2, 0.25) is 11.8 Å². The smallest absolute Gasteiger partial charge is 0.247 e. The van der Waals surface area contributed by atoms with E-state index in [0.717, 1.165) is 16.6 Å². The highest BCUT2D eigenvalue weighted by Gasteiger charge is 2.32. The zero-order valence-corrected chi connectivity index (χ0v) is 22.3. The van der Waals surface area contributed by atoms with Crippen molar-refractivity contribution in [3.8, 4) is 5.75 Å². The molecule has 2 amide bonds. The molecule has 5 rings (SSSR count). The van der Waals surface area contributed by atoms with Gasteiger partial charge < -0.3 is 15.0 Å². The maximum absolute atomic E-state index is 14.1.